The highest BCUT2D eigenvalue weighted by Crippen LogP contribution is 2.21. The lowest BCUT2D eigenvalue weighted by Crippen LogP contribution is -1.89. The highest BCUT2D eigenvalue weighted by molar-refractivity contribution is 7.14. The molecule has 12 heavy (non-hydrogen) atoms. The maximum Gasteiger partial charge on any atom is 0.168 e. The Hall–Kier alpha value is -1.16. The summed E-state index contributed by atoms with van der Waals surface area (Å²) in [7, 11) is 1.97. The van der Waals surface area contributed by atoms with Crippen molar-refractivity contribution in [3.63, 3.8) is 0 Å². The number of rotatable bonds is 1. The van der Waals surface area contributed by atoms with E-state index in [2.05, 4.69) is 9.97 Å². The van der Waals surface area contributed by atoms with E-state index in [4.69, 9.17) is 0 Å². The van der Waals surface area contributed by atoms with E-state index < -0.39 is 0 Å². The molecular formula is C8H9N3S. The van der Waals surface area contributed by atoms with Gasteiger partial charge in [0.05, 0.1) is 0 Å². The van der Waals surface area contributed by atoms with Crippen molar-refractivity contribution in [3.8, 4) is 10.8 Å². The summed E-state index contributed by atoms with van der Waals surface area (Å²) in [6, 6.07) is 0. The Morgan fingerprint density at radius 1 is 1.42 bits per heavy atom. The van der Waals surface area contributed by atoms with Gasteiger partial charge in [-0.15, -0.1) is 11.3 Å². The van der Waals surface area contributed by atoms with E-state index >= 15 is 0 Å². The van der Waals surface area contributed by atoms with Gasteiger partial charge in [0, 0.05) is 30.5 Å². The maximum atomic E-state index is 4.25. The molecule has 0 unspecified atom stereocenters. The largest absolute Gasteiger partial charge is 0.332 e. The molecule has 2 heterocycles. The summed E-state index contributed by atoms with van der Waals surface area (Å²) in [5, 5.41) is 0.986. The molecule has 2 rings (SSSR count). The second-order valence-electron chi connectivity index (χ2n) is 2.64. The van der Waals surface area contributed by atoms with Crippen LogP contribution in [-0.4, -0.2) is 14.5 Å². The molecule has 0 bridgehead atoms. The molecule has 0 aliphatic carbocycles. The third-order valence-corrected chi connectivity index (χ3v) is 2.54. The molecule has 0 atom stereocenters. The van der Waals surface area contributed by atoms with E-state index in [0.717, 1.165) is 10.8 Å². The number of aromatic nitrogens is 3. The van der Waals surface area contributed by atoms with Gasteiger partial charge in [0.2, 0.25) is 0 Å². The number of nitrogens with zero attached hydrogens (tertiary/aromatic N) is 3. The van der Waals surface area contributed by atoms with E-state index in [0.29, 0.717) is 0 Å². The van der Waals surface area contributed by atoms with E-state index in [-0.39, 0.29) is 0 Å². The fraction of sp³-hybridized carbons (Fsp3) is 0.250. The molecule has 2 aromatic rings. The van der Waals surface area contributed by atoms with Crippen LogP contribution >= 0.6 is 11.3 Å². The molecule has 0 saturated heterocycles. The second kappa shape index (κ2) is 2.71. The van der Waals surface area contributed by atoms with Gasteiger partial charge in [0.15, 0.2) is 10.8 Å². The number of aryl methyl sites for hydroxylation is 2. The molecule has 0 spiro atoms. The summed E-state index contributed by atoms with van der Waals surface area (Å²) < 4.78 is 1.97. The minimum atomic E-state index is 0.938. The zero-order valence-electron chi connectivity index (χ0n) is 6.98. The van der Waals surface area contributed by atoms with Gasteiger partial charge >= 0.3 is 0 Å². The number of thiazole rings is 1. The van der Waals surface area contributed by atoms with Crippen LogP contribution in [0.15, 0.2) is 18.6 Å². The van der Waals surface area contributed by atoms with Gasteiger partial charge in [-0.3, -0.25) is 0 Å². The van der Waals surface area contributed by atoms with Crippen molar-refractivity contribution in [3.05, 3.63) is 23.5 Å². The van der Waals surface area contributed by atoms with Crippen molar-refractivity contribution in [1.29, 1.82) is 0 Å². The van der Waals surface area contributed by atoms with Crippen molar-refractivity contribution in [1.82, 2.24) is 14.5 Å². The van der Waals surface area contributed by atoms with Crippen molar-refractivity contribution in [2.45, 2.75) is 6.92 Å². The molecule has 0 aromatic carbocycles. The lowest BCUT2D eigenvalue weighted by Gasteiger charge is -1.94. The Morgan fingerprint density at radius 3 is 2.75 bits per heavy atom. The van der Waals surface area contributed by atoms with E-state index in [1.807, 2.05) is 30.9 Å². The Morgan fingerprint density at radius 2 is 2.25 bits per heavy atom. The van der Waals surface area contributed by atoms with Gasteiger partial charge in [-0.1, -0.05) is 0 Å². The minimum Gasteiger partial charge on any atom is -0.332 e. The third-order valence-electron chi connectivity index (χ3n) is 1.63. The Bertz CT molecular complexity index is 388. The average molecular weight is 179 g/mol. The molecule has 2 aromatic heterocycles. The first kappa shape index (κ1) is 7.49. The third kappa shape index (κ3) is 1.14. The summed E-state index contributed by atoms with van der Waals surface area (Å²) in [6.07, 6.45) is 5.58. The van der Waals surface area contributed by atoms with Gasteiger partial charge in [0.25, 0.3) is 0 Å². The smallest absolute Gasteiger partial charge is 0.168 e. The molecule has 0 aliphatic heterocycles. The topological polar surface area (TPSA) is 30.7 Å². The highest BCUT2D eigenvalue weighted by Gasteiger charge is 2.05. The van der Waals surface area contributed by atoms with Crippen LogP contribution in [0.3, 0.4) is 0 Å². The predicted molar refractivity (Wildman–Crippen MR) is 49.1 cm³/mol. The molecule has 0 fully saturated rings. The predicted octanol–water partition coefficient (Wildman–Crippen LogP) is 1.85. The molecule has 3 nitrogen and oxygen atoms in total. The summed E-state index contributed by atoms with van der Waals surface area (Å²) in [5.74, 6) is 0.938. The zero-order valence-corrected chi connectivity index (χ0v) is 7.80. The SMILES string of the molecule is Cc1cnc(-c2nccn2C)s1. The second-order valence-corrected chi connectivity index (χ2v) is 3.87. The molecule has 4 heteroatoms. The van der Waals surface area contributed by atoms with Gasteiger partial charge in [0.1, 0.15) is 0 Å². The Kier molecular flexibility index (Phi) is 1.69. The highest BCUT2D eigenvalue weighted by atomic mass is 32.1. The van der Waals surface area contributed by atoms with Crippen LogP contribution in [0.4, 0.5) is 0 Å². The first-order chi connectivity index (χ1) is 5.77. The summed E-state index contributed by atoms with van der Waals surface area (Å²) in [6.45, 7) is 2.05. The van der Waals surface area contributed by atoms with E-state index in [1.165, 1.54) is 4.88 Å². The first-order valence-electron chi connectivity index (χ1n) is 3.67. The van der Waals surface area contributed by atoms with Crippen LogP contribution in [0.5, 0.6) is 0 Å². The van der Waals surface area contributed by atoms with Gasteiger partial charge in [-0.05, 0) is 6.92 Å². The molecule has 0 N–H and O–H groups in total. The first-order valence-corrected chi connectivity index (χ1v) is 4.49. The molecule has 0 aliphatic rings. The normalized spacial score (nSPS) is 10.5. The zero-order chi connectivity index (χ0) is 8.55. The summed E-state index contributed by atoms with van der Waals surface area (Å²) in [4.78, 5) is 9.68. The van der Waals surface area contributed by atoms with Gasteiger partial charge in [-0.25, -0.2) is 9.97 Å². The lowest BCUT2D eigenvalue weighted by molar-refractivity contribution is 0.922. The number of imidazole rings is 1. The Balaban J connectivity index is 2.50. The van der Waals surface area contributed by atoms with Crippen molar-refractivity contribution in [2.75, 3.05) is 0 Å². The van der Waals surface area contributed by atoms with Gasteiger partial charge < -0.3 is 4.57 Å². The minimum absolute atomic E-state index is 0.938. The molecule has 0 amide bonds. The van der Waals surface area contributed by atoms with Gasteiger partial charge in [-0.2, -0.15) is 0 Å². The molecular weight excluding hydrogens is 170 g/mol. The van der Waals surface area contributed by atoms with Crippen LogP contribution in [0.25, 0.3) is 10.8 Å². The summed E-state index contributed by atoms with van der Waals surface area (Å²) in [5.41, 5.74) is 0. The molecule has 0 saturated carbocycles. The van der Waals surface area contributed by atoms with Crippen molar-refractivity contribution < 1.29 is 0 Å². The monoisotopic (exact) mass is 179 g/mol. The number of hydrogen-bond acceptors (Lipinski definition) is 3. The van der Waals surface area contributed by atoms with Crippen molar-refractivity contribution >= 4 is 11.3 Å². The van der Waals surface area contributed by atoms with Crippen molar-refractivity contribution in [2.24, 2.45) is 7.05 Å². The van der Waals surface area contributed by atoms with E-state index in [9.17, 15) is 0 Å². The van der Waals surface area contributed by atoms with E-state index in [1.54, 1.807) is 17.5 Å². The van der Waals surface area contributed by atoms with Crippen LogP contribution in [0, 0.1) is 6.92 Å². The average Bonchev–Trinajstić information content (AvgIpc) is 2.58. The number of hydrogen-bond donors (Lipinski definition) is 0. The fourth-order valence-corrected chi connectivity index (χ4v) is 1.83. The summed E-state index contributed by atoms with van der Waals surface area (Å²) >= 11 is 1.67. The Labute approximate surface area is 74.7 Å². The van der Waals surface area contributed by atoms with Crippen LogP contribution in [0.1, 0.15) is 4.88 Å². The van der Waals surface area contributed by atoms with Crippen LogP contribution in [-0.2, 0) is 7.05 Å². The van der Waals surface area contributed by atoms with Crippen LogP contribution in [0.2, 0.25) is 0 Å². The fourth-order valence-electron chi connectivity index (χ4n) is 1.03. The quantitative estimate of drug-likeness (QED) is 0.669. The maximum absolute atomic E-state index is 4.25. The standard InChI is InChI=1S/C8H9N3S/c1-6-5-10-8(12-6)7-9-3-4-11(7)2/h3-5H,1-2H3. The van der Waals surface area contributed by atoms with Crippen LogP contribution < -0.4 is 0 Å². The molecule has 62 valence electrons. The lowest BCUT2D eigenvalue weighted by atomic mass is 10.6. The molecule has 0 radical (unpaired) electrons.